The number of nitrogens with one attached hydrogen (secondary N) is 3. The first-order chi connectivity index (χ1) is 10.2. The molecule has 3 aromatic heterocycles. The number of hydrogen-bond donors (Lipinski definition) is 4. The van der Waals surface area contributed by atoms with E-state index in [2.05, 4.69) is 44.3 Å². The Bertz CT molecular complexity index is 718. The molecule has 0 saturated heterocycles. The summed E-state index contributed by atoms with van der Waals surface area (Å²) in [5.41, 5.74) is 2.54. The van der Waals surface area contributed by atoms with Crippen molar-refractivity contribution in [2.75, 3.05) is 11.9 Å². The SMILES string of the molecule is CC(C)[C@H](CO)Nc1ncnc2[nH]c(-c3ccn[nH]3)cc12. The summed E-state index contributed by atoms with van der Waals surface area (Å²) < 4.78 is 0. The Balaban J connectivity index is 2.00. The summed E-state index contributed by atoms with van der Waals surface area (Å²) >= 11 is 0. The van der Waals surface area contributed by atoms with Crippen molar-refractivity contribution in [1.82, 2.24) is 25.1 Å². The molecule has 0 saturated carbocycles. The Labute approximate surface area is 121 Å². The first kappa shape index (κ1) is 13.6. The van der Waals surface area contributed by atoms with Crippen LogP contribution in [0.3, 0.4) is 0 Å². The Kier molecular flexibility index (Phi) is 3.57. The lowest BCUT2D eigenvalue weighted by atomic mass is 10.1. The molecule has 0 unspecified atom stereocenters. The maximum Gasteiger partial charge on any atom is 0.143 e. The molecule has 0 aliphatic rings. The molecule has 0 aromatic carbocycles. The van der Waals surface area contributed by atoms with Gasteiger partial charge >= 0.3 is 0 Å². The molecule has 7 nitrogen and oxygen atoms in total. The second kappa shape index (κ2) is 5.53. The van der Waals surface area contributed by atoms with Crippen molar-refractivity contribution in [1.29, 1.82) is 0 Å². The monoisotopic (exact) mass is 286 g/mol. The van der Waals surface area contributed by atoms with Gasteiger partial charge < -0.3 is 15.4 Å². The lowest BCUT2D eigenvalue weighted by molar-refractivity contribution is 0.249. The maximum absolute atomic E-state index is 9.46. The van der Waals surface area contributed by atoms with E-state index in [0.29, 0.717) is 5.92 Å². The summed E-state index contributed by atoms with van der Waals surface area (Å²) in [5.74, 6) is 1.01. The molecular formula is C14H18N6O. The summed E-state index contributed by atoms with van der Waals surface area (Å²) in [6.07, 6.45) is 3.21. The fourth-order valence-corrected chi connectivity index (χ4v) is 2.20. The average molecular weight is 286 g/mol. The van der Waals surface area contributed by atoms with Gasteiger partial charge in [-0.15, -0.1) is 0 Å². The molecule has 110 valence electrons. The van der Waals surface area contributed by atoms with Gasteiger partial charge in [-0.25, -0.2) is 9.97 Å². The molecule has 0 aliphatic carbocycles. The number of nitrogens with zero attached hydrogens (tertiary/aromatic N) is 3. The number of aliphatic hydroxyl groups excluding tert-OH is 1. The van der Waals surface area contributed by atoms with E-state index < -0.39 is 0 Å². The highest BCUT2D eigenvalue weighted by Crippen LogP contribution is 2.26. The third kappa shape index (κ3) is 2.59. The molecule has 1 atom stereocenters. The van der Waals surface area contributed by atoms with Gasteiger partial charge in [0.15, 0.2) is 0 Å². The highest BCUT2D eigenvalue weighted by atomic mass is 16.3. The molecule has 3 aromatic rings. The van der Waals surface area contributed by atoms with Crippen LogP contribution in [0.2, 0.25) is 0 Å². The average Bonchev–Trinajstić information content (AvgIpc) is 3.12. The number of H-pyrrole nitrogens is 2. The van der Waals surface area contributed by atoms with Crippen LogP contribution in [0.5, 0.6) is 0 Å². The van der Waals surface area contributed by atoms with E-state index in [-0.39, 0.29) is 12.6 Å². The fraction of sp³-hybridized carbons (Fsp3) is 0.357. The van der Waals surface area contributed by atoms with Crippen LogP contribution < -0.4 is 5.32 Å². The number of anilines is 1. The zero-order valence-corrected chi connectivity index (χ0v) is 12.0. The first-order valence-corrected chi connectivity index (χ1v) is 6.90. The molecule has 0 spiro atoms. The summed E-state index contributed by atoms with van der Waals surface area (Å²) in [4.78, 5) is 11.8. The van der Waals surface area contributed by atoms with E-state index in [1.165, 1.54) is 6.33 Å². The van der Waals surface area contributed by atoms with Crippen molar-refractivity contribution >= 4 is 16.9 Å². The van der Waals surface area contributed by atoms with Gasteiger partial charge in [-0.05, 0) is 18.1 Å². The van der Waals surface area contributed by atoms with Crippen LogP contribution in [0.25, 0.3) is 22.4 Å². The molecule has 0 aliphatic heterocycles. The lowest BCUT2D eigenvalue weighted by Gasteiger charge is -2.20. The quantitative estimate of drug-likeness (QED) is 0.572. The van der Waals surface area contributed by atoms with Gasteiger partial charge in [0.25, 0.3) is 0 Å². The number of aromatic nitrogens is 5. The Hall–Kier alpha value is -2.41. The topological polar surface area (TPSA) is 103 Å². The van der Waals surface area contributed by atoms with E-state index in [1.54, 1.807) is 6.20 Å². The van der Waals surface area contributed by atoms with Crippen LogP contribution >= 0.6 is 0 Å². The molecule has 0 fully saturated rings. The highest BCUT2D eigenvalue weighted by molar-refractivity contribution is 5.91. The normalized spacial score (nSPS) is 13.0. The lowest BCUT2D eigenvalue weighted by Crippen LogP contribution is -2.29. The Morgan fingerprint density at radius 3 is 2.81 bits per heavy atom. The van der Waals surface area contributed by atoms with Crippen molar-refractivity contribution in [2.24, 2.45) is 5.92 Å². The Morgan fingerprint density at radius 1 is 1.29 bits per heavy atom. The summed E-state index contributed by atoms with van der Waals surface area (Å²) in [5, 5.41) is 20.5. The second-order valence-corrected chi connectivity index (χ2v) is 5.32. The highest BCUT2D eigenvalue weighted by Gasteiger charge is 2.16. The molecule has 0 radical (unpaired) electrons. The Morgan fingerprint density at radius 2 is 2.14 bits per heavy atom. The van der Waals surface area contributed by atoms with Crippen molar-refractivity contribution in [2.45, 2.75) is 19.9 Å². The van der Waals surface area contributed by atoms with E-state index >= 15 is 0 Å². The minimum Gasteiger partial charge on any atom is -0.394 e. The predicted octanol–water partition coefficient (Wildman–Crippen LogP) is 1.78. The van der Waals surface area contributed by atoms with Gasteiger partial charge in [0, 0.05) is 6.20 Å². The van der Waals surface area contributed by atoms with Crippen molar-refractivity contribution in [3.63, 3.8) is 0 Å². The van der Waals surface area contributed by atoms with Crippen LogP contribution in [-0.2, 0) is 0 Å². The van der Waals surface area contributed by atoms with E-state index in [9.17, 15) is 5.11 Å². The van der Waals surface area contributed by atoms with Crippen LogP contribution in [0.1, 0.15) is 13.8 Å². The van der Waals surface area contributed by atoms with Crippen LogP contribution in [0.4, 0.5) is 5.82 Å². The summed E-state index contributed by atoms with van der Waals surface area (Å²) in [7, 11) is 0. The minimum atomic E-state index is -0.0476. The summed E-state index contributed by atoms with van der Waals surface area (Å²) in [6, 6.07) is 3.81. The minimum absolute atomic E-state index is 0.0476. The number of rotatable bonds is 5. The molecule has 21 heavy (non-hydrogen) atoms. The first-order valence-electron chi connectivity index (χ1n) is 6.90. The van der Waals surface area contributed by atoms with E-state index in [1.807, 2.05) is 12.1 Å². The van der Waals surface area contributed by atoms with Gasteiger partial charge in [-0.2, -0.15) is 5.10 Å². The zero-order valence-electron chi connectivity index (χ0n) is 12.0. The molecule has 3 heterocycles. The smallest absolute Gasteiger partial charge is 0.143 e. The van der Waals surface area contributed by atoms with Crippen molar-refractivity contribution in [3.8, 4) is 11.4 Å². The second-order valence-electron chi connectivity index (χ2n) is 5.32. The van der Waals surface area contributed by atoms with Gasteiger partial charge in [-0.1, -0.05) is 13.8 Å². The molecule has 7 heteroatoms. The molecule has 3 rings (SSSR count). The van der Waals surface area contributed by atoms with E-state index in [4.69, 9.17) is 0 Å². The standard InChI is InChI=1S/C14H18N6O/c1-8(2)12(6-21)19-14-9-5-11(10-3-4-17-20-10)18-13(9)15-7-16-14/h3-5,7-8,12,21H,6H2,1-2H3,(H,17,20)(H2,15,16,18,19)/t12-/m0/s1. The van der Waals surface area contributed by atoms with Crippen LogP contribution in [0.15, 0.2) is 24.7 Å². The van der Waals surface area contributed by atoms with Crippen molar-refractivity contribution < 1.29 is 5.11 Å². The largest absolute Gasteiger partial charge is 0.394 e. The zero-order chi connectivity index (χ0) is 14.8. The van der Waals surface area contributed by atoms with Crippen molar-refractivity contribution in [3.05, 3.63) is 24.7 Å². The van der Waals surface area contributed by atoms with Gasteiger partial charge in [0.1, 0.15) is 17.8 Å². The number of aliphatic hydroxyl groups is 1. The number of hydrogen-bond acceptors (Lipinski definition) is 5. The third-order valence-corrected chi connectivity index (χ3v) is 3.54. The summed E-state index contributed by atoms with van der Waals surface area (Å²) in [6.45, 7) is 4.17. The maximum atomic E-state index is 9.46. The number of fused-ring (bicyclic) bond motifs is 1. The molecule has 0 amide bonds. The predicted molar refractivity (Wildman–Crippen MR) is 80.8 cm³/mol. The van der Waals surface area contributed by atoms with Gasteiger partial charge in [-0.3, -0.25) is 5.10 Å². The fourth-order valence-electron chi connectivity index (χ4n) is 2.20. The van der Waals surface area contributed by atoms with Crippen LogP contribution in [-0.4, -0.2) is 42.9 Å². The number of aromatic amines is 2. The third-order valence-electron chi connectivity index (χ3n) is 3.54. The van der Waals surface area contributed by atoms with E-state index in [0.717, 1.165) is 28.2 Å². The van der Waals surface area contributed by atoms with Gasteiger partial charge in [0.05, 0.1) is 29.4 Å². The molecule has 4 N–H and O–H groups in total. The molecule has 0 bridgehead atoms. The van der Waals surface area contributed by atoms with Gasteiger partial charge in [0.2, 0.25) is 0 Å². The molecular weight excluding hydrogens is 268 g/mol. The van der Waals surface area contributed by atoms with Crippen LogP contribution in [0, 0.1) is 5.92 Å².